The molecule has 0 aliphatic carbocycles. The SMILES string of the molecule is CCOC(=O)C1=C(C)N=c2s/c(=C\c3ccc(F)cc3)c(=O)n2[C@@H]1c1ccc(N(C)C)cc1. The van der Waals surface area contributed by atoms with E-state index in [2.05, 4.69) is 4.99 Å². The first-order valence-electron chi connectivity index (χ1n) is 10.5. The lowest BCUT2D eigenvalue weighted by molar-refractivity contribution is -0.139. The van der Waals surface area contributed by atoms with Gasteiger partial charge in [0.15, 0.2) is 4.80 Å². The van der Waals surface area contributed by atoms with Crippen LogP contribution in [-0.2, 0) is 9.53 Å². The van der Waals surface area contributed by atoms with Crippen LogP contribution in [0.25, 0.3) is 6.08 Å². The summed E-state index contributed by atoms with van der Waals surface area (Å²) in [6.45, 7) is 3.72. The Morgan fingerprint density at radius 1 is 1.18 bits per heavy atom. The number of aromatic nitrogens is 1. The van der Waals surface area contributed by atoms with E-state index < -0.39 is 12.0 Å². The monoisotopic (exact) mass is 465 g/mol. The summed E-state index contributed by atoms with van der Waals surface area (Å²) in [5, 5.41) is 0. The maximum absolute atomic E-state index is 13.5. The highest BCUT2D eigenvalue weighted by molar-refractivity contribution is 7.07. The summed E-state index contributed by atoms with van der Waals surface area (Å²) in [7, 11) is 3.89. The Morgan fingerprint density at radius 3 is 2.45 bits per heavy atom. The first-order chi connectivity index (χ1) is 15.8. The Kier molecular flexibility index (Phi) is 6.29. The molecular formula is C25H24FN3O3S. The lowest BCUT2D eigenvalue weighted by Gasteiger charge is -2.25. The number of esters is 1. The second kappa shape index (κ2) is 9.15. The fourth-order valence-corrected chi connectivity index (χ4v) is 4.82. The zero-order valence-corrected chi connectivity index (χ0v) is 19.6. The number of ether oxygens (including phenoxy) is 1. The minimum absolute atomic E-state index is 0.219. The van der Waals surface area contributed by atoms with Gasteiger partial charge in [0.1, 0.15) is 5.82 Å². The number of rotatable bonds is 5. The number of halogens is 1. The van der Waals surface area contributed by atoms with E-state index in [1.165, 1.54) is 23.5 Å². The van der Waals surface area contributed by atoms with E-state index >= 15 is 0 Å². The number of hydrogen-bond donors (Lipinski definition) is 0. The summed E-state index contributed by atoms with van der Waals surface area (Å²) in [4.78, 5) is 33.5. The molecule has 0 saturated heterocycles. The van der Waals surface area contributed by atoms with Gasteiger partial charge in [-0.05, 0) is 55.3 Å². The molecule has 0 fully saturated rings. The fraction of sp³-hybridized carbons (Fsp3) is 0.240. The van der Waals surface area contributed by atoms with Gasteiger partial charge in [0, 0.05) is 19.8 Å². The Bertz CT molecular complexity index is 1400. The zero-order valence-electron chi connectivity index (χ0n) is 18.8. The largest absolute Gasteiger partial charge is 0.463 e. The van der Waals surface area contributed by atoms with Gasteiger partial charge in [0.05, 0.1) is 28.5 Å². The molecule has 6 nitrogen and oxygen atoms in total. The normalized spacial score (nSPS) is 15.8. The summed E-state index contributed by atoms with van der Waals surface area (Å²) >= 11 is 1.24. The minimum atomic E-state index is -0.660. The van der Waals surface area contributed by atoms with Crippen molar-refractivity contribution in [3.8, 4) is 0 Å². The Hall–Kier alpha value is -3.52. The molecule has 4 rings (SSSR count). The lowest BCUT2D eigenvalue weighted by Crippen LogP contribution is -2.39. The number of anilines is 1. The van der Waals surface area contributed by atoms with Gasteiger partial charge in [-0.15, -0.1) is 0 Å². The highest BCUT2D eigenvalue weighted by Crippen LogP contribution is 2.31. The van der Waals surface area contributed by atoms with Crippen LogP contribution in [0.1, 0.15) is 31.0 Å². The molecule has 0 bridgehead atoms. The molecule has 2 aromatic carbocycles. The number of thiazole rings is 1. The molecule has 0 spiro atoms. The van der Waals surface area contributed by atoms with Gasteiger partial charge in [-0.1, -0.05) is 35.6 Å². The van der Waals surface area contributed by atoms with Crippen LogP contribution in [0.3, 0.4) is 0 Å². The summed E-state index contributed by atoms with van der Waals surface area (Å²) < 4.78 is 20.6. The highest BCUT2D eigenvalue weighted by atomic mass is 32.1. The van der Waals surface area contributed by atoms with Gasteiger partial charge < -0.3 is 9.64 Å². The van der Waals surface area contributed by atoms with E-state index in [-0.39, 0.29) is 18.0 Å². The summed E-state index contributed by atoms with van der Waals surface area (Å²) in [6, 6.07) is 13.0. The molecule has 0 radical (unpaired) electrons. The third kappa shape index (κ3) is 4.39. The summed E-state index contributed by atoms with van der Waals surface area (Å²) in [5.74, 6) is -0.835. The van der Waals surface area contributed by atoms with Gasteiger partial charge in [0.25, 0.3) is 5.56 Å². The van der Waals surface area contributed by atoms with Gasteiger partial charge in [0.2, 0.25) is 0 Å². The number of carbonyl (C=O) groups excluding carboxylic acids is 1. The lowest BCUT2D eigenvalue weighted by atomic mass is 9.95. The van der Waals surface area contributed by atoms with Crippen LogP contribution in [0.5, 0.6) is 0 Å². The van der Waals surface area contributed by atoms with E-state index in [0.29, 0.717) is 26.2 Å². The van der Waals surface area contributed by atoms with Gasteiger partial charge in [-0.25, -0.2) is 14.2 Å². The fourth-order valence-electron chi connectivity index (χ4n) is 3.77. The van der Waals surface area contributed by atoms with Crippen molar-refractivity contribution >= 4 is 29.1 Å². The van der Waals surface area contributed by atoms with Crippen molar-refractivity contribution in [3.63, 3.8) is 0 Å². The second-order valence-corrected chi connectivity index (χ2v) is 8.85. The van der Waals surface area contributed by atoms with Crippen LogP contribution < -0.4 is 19.8 Å². The Morgan fingerprint density at radius 2 is 1.85 bits per heavy atom. The first kappa shape index (κ1) is 22.7. The van der Waals surface area contributed by atoms with Crippen LogP contribution in [0.15, 0.2) is 69.6 Å². The average Bonchev–Trinajstić information content (AvgIpc) is 3.09. The molecule has 1 aromatic heterocycles. The molecule has 0 amide bonds. The second-order valence-electron chi connectivity index (χ2n) is 7.84. The molecule has 2 heterocycles. The van der Waals surface area contributed by atoms with Gasteiger partial charge >= 0.3 is 5.97 Å². The third-order valence-electron chi connectivity index (χ3n) is 5.41. The van der Waals surface area contributed by atoms with E-state index in [1.54, 1.807) is 36.6 Å². The smallest absolute Gasteiger partial charge is 0.338 e. The predicted octanol–water partition coefficient (Wildman–Crippen LogP) is 3.00. The molecular weight excluding hydrogens is 441 g/mol. The number of hydrogen-bond acceptors (Lipinski definition) is 6. The molecule has 33 heavy (non-hydrogen) atoms. The summed E-state index contributed by atoms with van der Waals surface area (Å²) in [6.07, 6.45) is 1.71. The topological polar surface area (TPSA) is 63.9 Å². The van der Waals surface area contributed by atoms with Gasteiger partial charge in [-0.3, -0.25) is 9.36 Å². The molecule has 1 atom stereocenters. The van der Waals surface area contributed by atoms with Gasteiger partial charge in [-0.2, -0.15) is 0 Å². The molecule has 1 aliphatic heterocycles. The van der Waals surface area contributed by atoms with E-state index in [0.717, 1.165) is 11.3 Å². The van der Waals surface area contributed by atoms with E-state index in [9.17, 15) is 14.0 Å². The van der Waals surface area contributed by atoms with Crippen molar-refractivity contribution in [1.29, 1.82) is 0 Å². The standard InChI is InChI=1S/C25H24FN3O3S/c1-5-32-24(31)21-15(2)27-25-29(22(21)17-8-12-19(13-9-17)28(3)4)23(30)20(33-25)14-16-6-10-18(26)11-7-16/h6-14,22H,5H2,1-4H3/b20-14-/t22-/m1/s1. The Balaban J connectivity index is 1.92. The number of benzene rings is 2. The Labute approximate surface area is 194 Å². The van der Waals surface area contributed by atoms with Crippen molar-refractivity contribution in [2.24, 2.45) is 4.99 Å². The number of fused-ring (bicyclic) bond motifs is 1. The maximum atomic E-state index is 13.5. The minimum Gasteiger partial charge on any atom is -0.463 e. The van der Waals surface area contributed by atoms with Crippen LogP contribution >= 0.6 is 11.3 Å². The quantitative estimate of drug-likeness (QED) is 0.544. The van der Waals surface area contributed by atoms with Crippen molar-refractivity contribution < 1.29 is 13.9 Å². The molecule has 170 valence electrons. The molecule has 0 saturated carbocycles. The van der Waals surface area contributed by atoms with Crippen molar-refractivity contribution in [3.05, 3.63) is 96.4 Å². The molecule has 0 N–H and O–H groups in total. The number of nitrogens with zero attached hydrogens (tertiary/aromatic N) is 3. The number of allylic oxidation sites excluding steroid dienone is 1. The predicted molar refractivity (Wildman–Crippen MR) is 128 cm³/mol. The molecule has 3 aromatic rings. The summed E-state index contributed by atoms with van der Waals surface area (Å²) in [5.41, 5.74) is 3.09. The van der Waals surface area contributed by atoms with E-state index in [1.807, 2.05) is 43.3 Å². The highest BCUT2D eigenvalue weighted by Gasteiger charge is 2.33. The number of carbonyl (C=O) groups is 1. The maximum Gasteiger partial charge on any atom is 0.338 e. The van der Waals surface area contributed by atoms with E-state index in [4.69, 9.17) is 4.74 Å². The average molecular weight is 466 g/mol. The van der Waals surface area contributed by atoms with Crippen molar-refractivity contribution in [1.82, 2.24) is 4.57 Å². The van der Waals surface area contributed by atoms with Crippen LogP contribution in [0.4, 0.5) is 10.1 Å². The molecule has 8 heteroatoms. The first-order valence-corrected chi connectivity index (χ1v) is 11.3. The zero-order chi connectivity index (χ0) is 23.7. The van der Waals surface area contributed by atoms with Crippen LogP contribution in [-0.4, -0.2) is 31.2 Å². The third-order valence-corrected chi connectivity index (χ3v) is 6.39. The molecule has 0 unspecified atom stereocenters. The van der Waals surface area contributed by atoms with Crippen molar-refractivity contribution in [2.45, 2.75) is 19.9 Å². The van der Waals surface area contributed by atoms with Crippen LogP contribution in [0, 0.1) is 5.82 Å². The molecule has 1 aliphatic rings. The van der Waals surface area contributed by atoms with Crippen LogP contribution in [0.2, 0.25) is 0 Å². The van der Waals surface area contributed by atoms with Crippen molar-refractivity contribution in [2.75, 3.05) is 25.6 Å².